The quantitative estimate of drug-likeness (QED) is 0.103. The smallest absolute Gasteiger partial charge is 0.261 e. The zero-order valence-corrected chi connectivity index (χ0v) is 33.2. The maximum absolute atomic E-state index is 13.8. The van der Waals surface area contributed by atoms with Crippen LogP contribution in [-0.2, 0) is 11.3 Å². The van der Waals surface area contributed by atoms with Crippen LogP contribution in [0.4, 0.5) is 11.4 Å². The molecule has 1 fully saturated rings. The monoisotopic (exact) mass is 785 g/mol. The molecule has 1 aromatic heterocycles. The number of piperazine rings is 1. The molecule has 5 amide bonds. The number of methoxy groups -OCH3 is 1. The highest BCUT2D eigenvalue weighted by atomic mass is 16.5. The van der Waals surface area contributed by atoms with Gasteiger partial charge in [0.1, 0.15) is 22.8 Å². The van der Waals surface area contributed by atoms with Crippen molar-refractivity contribution >= 4 is 51.9 Å². The molecule has 2 N–H and O–H groups in total. The molecule has 4 aromatic carbocycles. The van der Waals surface area contributed by atoms with Gasteiger partial charge >= 0.3 is 0 Å². The fourth-order valence-electron chi connectivity index (χ4n) is 7.26. The second kappa shape index (κ2) is 17.3. The number of nitrogens with zero attached hydrogens (tertiary/aromatic N) is 5. The van der Waals surface area contributed by atoms with E-state index in [9.17, 15) is 24.0 Å². The first-order valence-corrected chi connectivity index (χ1v) is 19.4. The Labute approximate surface area is 336 Å². The number of likely N-dealkylation sites (N-methyl/N-ethyl adjacent to an activating group) is 1. The normalized spacial score (nSPS) is 14.1. The third-order valence-corrected chi connectivity index (χ3v) is 10.6. The summed E-state index contributed by atoms with van der Waals surface area (Å²) in [6.07, 6.45) is 2.96. The Morgan fingerprint density at radius 1 is 0.862 bits per heavy atom. The number of imidazole rings is 1. The molecule has 300 valence electrons. The number of carbonyl (C=O) groups is 5. The molecule has 0 atom stereocenters. The first-order valence-electron chi connectivity index (χ1n) is 19.4. The molecule has 2 aliphatic heterocycles. The number of aromatic amines is 1. The van der Waals surface area contributed by atoms with E-state index in [1.807, 2.05) is 30.0 Å². The van der Waals surface area contributed by atoms with Crippen molar-refractivity contribution in [2.75, 3.05) is 64.2 Å². The SMILES string of the molecule is COc1cc(C(=O)N(C)c2ccc(C)cc2OCCCCCC(=O)N2CCN(C)CC2)ccc1NC(=O)c1cccc2[nH]c(CN3C(=O)c4ccccc4C3=O)nc12. The lowest BCUT2D eigenvalue weighted by Crippen LogP contribution is -2.47. The highest BCUT2D eigenvalue weighted by Gasteiger charge is 2.35. The van der Waals surface area contributed by atoms with Crippen molar-refractivity contribution in [3.63, 3.8) is 0 Å². The standard InChI is InChI=1S/C44H47N7O7/c1-28-16-19-35(37(25-28)58-24-9-5-6-15-39(52)50-22-20-48(2)21-23-50)49(3)42(54)29-17-18-33(36(26-29)57-4)46-41(53)32-13-10-14-34-40(32)47-38(45-34)27-51-43(55)30-11-7-8-12-31(30)44(51)56/h7-8,10-14,16-19,25-26H,5-6,9,15,20-24,27H2,1-4H3,(H,45,47)(H,46,53). The number of aromatic nitrogens is 2. The number of hydrogen-bond acceptors (Lipinski definition) is 9. The third kappa shape index (κ3) is 8.42. The molecule has 0 bridgehead atoms. The van der Waals surface area contributed by atoms with E-state index >= 15 is 0 Å². The Balaban J connectivity index is 0.975. The summed E-state index contributed by atoms with van der Waals surface area (Å²) < 4.78 is 11.8. The van der Waals surface area contributed by atoms with Crippen LogP contribution < -0.4 is 19.7 Å². The summed E-state index contributed by atoms with van der Waals surface area (Å²) in [5.74, 6) is -0.160. The predicted molar refractivity (Wildman–Crippen MR) is 220 cm³/mol. The van der Waals surface area contributed by atoms with E-state index in [1.165, 1.54) is 12.0 Å². The lowest BCUT2D eigenvalue weighted by Gasteiger charge is -2.32. The van der Waals surface area contributed by atoms with Gasteiger partial charge < -0.3 is 34.5 Å². The van der Waals surface area contributed by atoms with E-state index in [-0.39, 0.29) is 29.7 Å². The van der Waals surface area contributed by atoms with Crippen LogP contribution >= 0.6 is 0 Å². The van der Waals surface area contributed by atoms with Gasteiger partial charge in [0, 0.05) is 45.2 Å². The minimum absolute atomic E-state index is 0.0865. The van der Waals surface area contributed by atoms with Crippen molar-refractivity contribution in [3.8, 4) is 11.5 Å². The molecular weight excluding hydrogens is 739 g/mol. The van der Waals surface area contributed by atoms with Crippen molar-refractivity contribution in [3.05, 3.63) is 113 Å². The number of carbonyl (C=O) groups excluding carboxylic acids is 5. The van der Waals surface area contributed by atoms with Crippen molar-refractivity contribution < 1.29 is 33.4 Å². The number of fused-ring (bicyclic) bond motifs is 2. The van der Waals surface area contributed by atoms with Crippen LogP contribution in [-0.4, -0.2) is 108 Å². The summed E-state index contributed by atoms with van der Waals surface area (Å²) in [4.78, 5) is 80.6. The lowest BCUT2D eigenvalue weighted by atomic mass is 10.1. The molecule has 0 radical (unpaired) electrons. The first kappa shape index (κ1) is 39.7. The van der Waals surface area contributed by atoms with Crippen molar-refractivity contribution in [1.82, 2.24) is 24.7 Å². The topological polar surface area (TPSA) is 157 Å². The summed E-state index contributed by atoms with van der Waals surface area (Å²) in [7, 11) is 5.21. The molecule has 5 aromatic rings. The molecule has 7 rings (SSSR count). The number of imide groups is 1. The number of benzene rings is 4. The van der Waals surface area contributed by atoms with Gasteiger partial charge in [-0.25, -0.2) is 4.98 Å². The van der Waals surface area contributed by atoms with E-state index in [0.29, 0.717) is 63.7 Å². The summed E-state index contributed by atoms with van der Waals surface area (Å²) in [5.41, 5.74) is 4.14. The van der Waals surface area contributed by atoms with E-state index in [4.69, 9.17) is 9.47 Å². The number of aryl methyl sites for hydroxylation is 1. The molecule has 0 aliphatic carbocycles. The summed E-state index contributed by atoms with van der Waals surface area (Å²) in [5, 5.41) is 2.88. The average Bonchev–Trinajstić information content (AvgIpc) is 3.76. The Kier molecular flexibility index (Phi) is 11.8. The van der Waals surface area contributed by atoms with Crippen LogP contribution in [0.25, 0.3) is 11.0 Å². The van der Waals surface area contributed by atoms with Crippen LogP contribution in [0, 0.1) is 6.92 Å². The second-order valence-electron chi connectivity index (χ2n) is 14.7. The van der Waals surface area contributed by atoms with Gasteiger partial charge in [-0.3, -0.25) is 28.9 Å². The van der Waals surface area contributed by atoms with Gasteiger partial charge in [-0.1, -0.05) is 24.3 Å². The Morgan fingerprint density at radius 3 is 2.33 bits per heavy atom. The summed E-state index contributed by atoms with van der Waals surface area (Å²) >= 11 is 0. The molecule has 14 heteroatoms. The summed E-state index contributed by atoms with van der Waals surface area (Å²) in [6, 6.07) is 22.2. The number of amides is 5. The number of nitrogens with one attached hydrogen (secondary N) is 2. The van der Waals surface area contributed by atoms with Crippen LogP contribution in [0.1, 0.15) is 78.5 Å². The van der Waals surface area contributed by atoms with Crippen molar-refractivity contribution in [2.24, 2.45) is 0 Å². The number of H-pyrrole nitrogens is 1. The number of unbranched alkanes of at least 4 members (excludes halogenated alkanes) is 2. The predicted octanol–water partition coefficient (Wildman–Crippen LogP) is 5.92. The molecule has 2 aliphatic rings. The molecule has 58 heavy (non-hydrogen) atoms. The molecule has 3 heterocycles. The largest absolute Gasteiger partial charge is 0.495 e. The van der Waals surface area contributed by atoms with Gasteiger partial charge in [-0.2, -0.15) is 0 Å². The minimum atomic E-state index is -0.470. The highest BCUT2D eigenvalue weighted by Crippen LogP contribution is 2.33. The van der Waals surface area contributed by atoms with Crippen LogP contribution in [0.15, 0.2) is 78.9 Å². The zero-order valence-electron chi connectivity index (χ0n) is 33.2. The van der Waals surface area contributed by atoms with E-state index in [0.717, 1.165) is 55.9 Å². The molecule has 0 spiro atoms. The fraction of sp³-hybridized carbons (Fsp3) is 0.318. The Bertz CT molecular complexity index is 2350. The number of rotatable bonds is 14. The zero-order chi connectivity index (χ0) is 40.9. The number of ether oxygens (including phenoxy) is 2. The van der Waals surface area contributed by atoms with Gasteiger partial charge in [-0.05, 0) is 93.4 Å². The van der Waals surface area contributed by atoms with Crippen molar-refractivity contribution in [1.29, 1.82) is 0 Å². The Morgan fingerprint density at radius 2 is 1.60 bits per heavy atom. The van der Waals surface area contributed by atoms with Crippen LogP contribution in [0.3, 0.4) is 0 Å². The van der Waals surface area contributed by atoms with Crippen molar-refractivity contribution in [2.45, 2.75) is 39.2 Å². The van der Waals surface area contributed by atoms with Gasteiger partial charge in [0.15, 0.2) is 0 Å². The van der Waals surface area contributed by atoms with E-state index in [1.54, 1.807) is 67.7 Å². The highest BCUT2D eigenvalue weighted by molar-refractivity contribution is 6.21. The van der Waals surface area contributed by atoms with E-state index < -0.39 is 17.7 Å². The molecule has 1 saturated heterocycles. The fourth-order valence-corrected chi connectivity index (χ4v) is 7.26. The van der Waals surface area contributed by atoms with E-state index in [2.05, 4.69) is 27.2 Å². The maximum atomic E-state index is 13.8. The first-order chi connectivity index (χ1) is 28.0. The molecule has 0 saturated carbocycles. The second-order valence-corrected chi connectivity index (χ2v) is 14.7. The molecule has 14 nitrogen and oxygen atoms in total. The van der Waals surface area contributed by atoms with Gasteiger partial charge in [0.05, 0.1) is 53.8 Å². The molecule has 0 unspecified atom stereocenters. The number of hydrogen-bond donors (Lipinski definition) is 2. The number of anilines is 2. The third-order valence-electron chi connectivity index (χ3n) is 10.6. The minimum Gasteiger partial charge on any atom is -0.495 e. The number of para-hydroxylation sites is 1. The maximum Gasteiger partial charge on any atom is 0.261 e. The lowest BCUT2D eigenvalue weighted by molar-refractivity contribution is -0.132. The molecular formula is C44H47N7O7. The van der Waals surface area contributed by atoms with Gasteiger partial charge in [0.2, 0.25) is 5.91 Å². The summed E-state index contributed by atoms with van der Waals surface area (Å²) in [6.45, 7) is 5.71. The average molecular weight is 786 g/mol. The van der Waals surface area contributed by atoms with Crippen LogP contribution in [0.5, 0.6) is 11.5 Å². The van der Waals surface area contributed by atoms with Gasteiger partial charge in [-0.15, -0.1) is 0 Å². The Hall–Kier alpha value is -6.54. The van der Waals surface area contributed by atoms with Crippen LogP contribution in [0.2, 0.25) is 0 Å². The van der Waals surface area contributed by atoms with Gasteiger partial charge in [0.25, 0.3) is 23.6 Å².